The molecule has 0 saturated carbocycles. The van der Waals surface area contributed by atoms with Gasteiger partial charge in [0.05, 0.1) is 13.2 Å². The van der Waals surface area contributed by atoms with Crippen LogP contribution < -0.4 is 4.74 Å². The van der Waals surface area contributed by atoms with E-state index < -0.39 is 0 Å². The minimum absolute atomic E-state index is 0.0878. The molecule has 0 spiro atoms. The fraction of sp³-hybridized carbons (Fsp3) is 0.538. The lowest BCUT2D eigenvalue weighted by Gasteiger charge is -2.07. The van der Waals surface area contributed by atoms with Crippen LogP contribution in [0.15, 0.2) is 24.3 Å². The summed E-state index contributed by atoms with van der Waals surface area (Å²) in [6, 6.07) is 7.57. The Morgan fingerprint density at radius 3 is 2.50 bits per heavy atom. The van der Waals surface area contributed by atoms with E-state index in [1.54, 1.807) is 0 Å². The lowest BCUT2D eigenvalue weighted by Crippen LogP contribution is -2.02. The van der Waals surface area contributed by atoms with Crippen molar-refractivity contribution in [3.05, 3.63) is 29.8 Å². The molecule has 1 N–H and O–H groups in total. The van der Waals surface area contributed by atoms with Gasteiger partial charge in [0.25, 0.3) is 0 Å². The van der Waals surface area contributed by atoms with E-state index in [4.69, 9.17) is 9.84 Å². The topological polar surface area (TPSA) is 29.5 Å². The van der Waals surface area contributed by atoms with Gasteiger partial charge in [0.2, 0.25) is 0 Å². The number of hydrogen-bond donors (Lipinski definition) is 1. The molecule has 0 aromatic heterocycles. The fourth-order valence-electron chi connectivity index (χ4n) is 1.23. The summed E-state index contributed by atoms with van der Waals surface area (Å²) in [7, 11) is 0. The van der Waals surface area contributed by atoms with Crippen LogP contribution in [-0.2, 0) is 6.61 Å². The second kappa shape index (κ2) is 7.58. The molecule has 0 saturated heterocycles. The summed E-state index contributed by atoms with van der Waals surface area (Å²) in [5.74, 6) is 3.84. The number of aliphatic hydroxyl groups is 1. The van der Waals surface area contributed by atoms with Crippen molar-refractivity contribution in [2.45, 2.75) is 20.5 Å². The molecule has 0 fully saturated rings. The van der Waals surface area contributed by atoms with Gasteiger partial charge in [-0.05, 0) is 29.4 Å². The van der Waals surface area contributed by atoms with E-state index in [-0.39, 0.29) is 6.61 Å². The van der Waals surface area contributed by atoms with Crippen LogP contribution in [0.2, 0.25) is 0 Å². The molecule has 0 aliphatic carbocycles. The lowest BCUT2D eigenvalue weighted by atomic mass is 10.2. The standard InChI is InChI=1S/C13H20O2S/c1-11(2)10-16-8-7-15-13-5-3-12(9-14)4-6-13/h3-6,11,14H,7-10H2,1-2H3. The van der Waals surface area contributed by atoms with Crippen molar-refractivity contribution in [2.24, 2.45) is 5.92 Å². The Bertz CT molecular complexity index is 282. The Morgan fingerprint density at radius 1 is 1.25 bits per heavy atom. The van der Waals surface area contributed by atoms with E-state index in [1.807, 2.05) is 36.0 Å². The first-order chi connectivity index (χ1) is 7.72. The molecule has 0 aliphatic heterocycles. The van der Waals surface area contributed by atoms with Crippen LogP contribution in [0.4, 0.5) is 0 Å². The molecule has 1 aromatic rings. The van der Waals surface area contributed by atoms with E-state index >= 15 is 0 Å². The monoisotopic (exact) mass is 240 g/mol. The van der Waals surface area contributed by atoms with E-state index in [9.17, 15) is 0 Å². The van der Waals surface area contributed by atoms with Gasteiger partial charge < -0.3 is 9.84 Å². The highest BCUT2D eigenvalue weighted by Gasteiger charge is 1.96. The van der Waals surface area contributed by atoms with Crippen molar-refractivity contribution in [3.8, 4) is 5.75 Å². The molecule has 0 unspecified atom stereocenters. The Balaban J connectivity index is 2.16. The van der Waals surface area contributed by atoms with Gasteiger partial charge in [0.15, 0.2) is 0 Å². The van der Waals surface area contributed by atoms with Crippen molar-refractivity contribution in [3.63, 3.8) is 0 Å². The minimum atomic E-state index is 0.0878. The smallest absolute Gasteiger partial charge is 0.119 e. The fourth-order valence-corrected chi connectivity index (χ4v) is 2.07. The van der Waals surface area contributed by atoms with Crippen LogP contribution in [0.3, 0.4) is 0 Å². The highest BCUT2D eigenvalue weighted by molar-refractivity contribution is 7.99. The predicted octanol–water partition coefficient (Wildman–Crippen LogP) is 2.95. The summed E-state index contributed by atoms with van der Waals surface area (Å²) >= 11 is 1.92. The zero-order valence-corrected chi connectivity index (χ0v) is 10.8. The summed E-state index contributed by atoms with van der Waals surface area (Å²) in [6.07, 6.45) is 0. The Labute approximate surface area is 102 Å². The third-order valence-electron chi connectivity index (χ3n) is 2.05. The number of rotatable bonds is 7. The molecule has 2 nitrogen and oxygen atoms in total. The van der Waals surface area contributed by atoms with E-state index in [0.717, 1.165) is 29.6 Å². The SMILES string of the molecule is CC(C)CSCCOc1ccc(CO)cc1. The largest absolute Gasteiger partial charge is 0.493 e. The first-order valence-electron chi connectivity index (χ1n) is 5.62. The van der Waals surface area contributed by atoms with Gasteiger partial charge in [0.1, 0.15) is 5.75 Å². The number of ether oxygens (including phenoxy) is 1. The summed E-state index contributed by atoms with van der Waals surface area (Å²) in [4.78, 5) is 0. The lowest BCUT2D eigenvalue weighted by molar-refractivity contribution is 0.281. The van der Waals surface area contributed by atoms with Gasteiger partial charge in [-0.15, -0.1) is 0 Å². The number of aliphatic hydroxyl groups excluding tert-OH is 1. The normalized spacial score (nSPS) is 10.8. The van der Waals surface area contributed by atoms with E-state index in [2.05, 4.69) is 13.8 Å². The van der Waals surface area contributed by atoms with Crippen LogP contribution in [0.1, 0.15) is 19.4 Å². The summed E-state index contributed by atoms with van der Waals surface area (Å²) in [5, 5.41) is 8.88. The molecule has 90 valence electrons. The average molecular weight is 240 g/mol. The van der Waals surface area contributed by atoms with Gasteiger partial charge in [0, 0.05) is 5.75 Å². The number of benzene rings is 1. The van der Waals surface area contributed by atoms with Crippen LogP contribution in [0.25, 0.3) is 0 Å². The zero-order valence-electron chi connectivity index (χ0n) is 9.98. The molecule has 16 heavy (non-hydrogen) atoms. The molecule has 1 rings (SSSR count). The number of thioether (sulfide) groups is 1. The molecule has 0 atom stereocenters. The summed E-state index contributed by atoms with van der Waals surface area (Å²) in [5.41, 5.74) is 0.918. The zero-order chi connectivity index (χ0) is 11.8. The van der Waals surface area contributed by atoms with Crippen molar-refractivity contribution >= 4 is 11.8 Å². The van der Waals surface area contributed by atoms with Gasteiger partial charge in [-0.25, -0.2) is 0 Å². The predicted molar refractivity (Wildman–Crippen MR) is 70.0 cm³/mol. The Morgan fingerprint density at radius 2 is 1.94 bits per heavy atom. The highest BCUT2D eigenvalue weighted by Crippen LogP contribution is 2.13. The first kappa shape index (κ1) is 13.4. The molecule has 3 heteroatoms. The maximum Gasteiger partial charge on any atom is 0.119 e. The molecular weight excluding hydrogens is 220 g/mol. The maximum absolute atomic E-state index is 8.88. The maximum atomic E-state index is 8.88. The van der Waals surface area contributed by atoms with E-state index in [0.29, 0.717) is 0 Å². The molecule has 0 amide bonds. The highest BCUT2D eigenvalue weighted by atomic mass is 32.2. The first-order valence-corrected chi connectivity index (χ1v) is 6.78. The molecule has 0 bridgehead atoms. The Kier molecular flexibility index (Phi) is 6.34. The molecule has 0 heterocycles. The quantitative estimate of drug-likeness (QED) is 0.743. The third kappa shape index (κ3) is 5.42. The van der Waals surface area contributed by atoms with Gasteiger partial charge in [-0.3, -0.25) is 0 Å². The van der Waals surface area contributed by atoms with Gasteiger partial charge in [-0.1, -0.05) is 26.0 Å². The van der Waals surface area contributed by atoms with Crippen LogP contribution in [0, 0.1) is 5.92 Å². The van der Waals surface area contributed by atoms with Crippen molar-refractivity contribution in [1.82, 2.24) is 0 Å². The average Bonchev–Trinajstić information content (AvgIpc) is 2.29. The number of hydrogen-bond acceptors (Lipinski definition) is 3. The van der Waals surface area contributed by atoms with Crippen LogP contribution in [-0.4, -0.2) is 23.2 Å². The second-order valence-corrected chi connectivity index (χ2v) is 5.27. The summed E-state index contributed by atoms with van der Waals surface area (Å²) < 4.78 is 5.58. The van der Waals surface area contributed by atoms with Crippen LogP contribution in [0.5, 0.6) is 5.75 Å². The van der Waals surface area contributed by atoms with Crippen molar-refractivity contribution in [1.29, 1.82) is 0 Å². The molecule has 0 aliphatic rings. The van der Waals surface area contributed by atoms with Gasteiger partial charge in [-0.2, -0.15) is 11.8 Å². The third-order valence-corrected chi connectivity index (χ3v) is 3.41. The van der Waals surface area contributed by atoms with E-state index in [1.165, 1.54) is 5.75 Å². The molecular formula is C13H20O2S. The summed E-state index contributed by atoms with van der Waals surface area (Å²) in [6.45, 7) is 5.28. The minimum Gasteiger partial charge on any atom is -0.493 e. The Hall–Kier alpha value is -0.670. The second-order valence-electron chi connectivity index (χ2n) is 4.12. The van der Waals surface area contributed by atoms with Gasteiger partial charge >= 0.3 is 0 Å². The van der Waals surface area contributed by atoms with Crippen LogP contribution >= 0.6 is 11.8 Å². The molecule has 0 radical (unpaired) electrons. The van der Waals surface area contributed by atoms with Crippen molar-refractivity contribution < 1.29 is 9.84 Å². The molecule has 1 aromatic carbocycles. The van der Waals surface area contributed by atoms with Crippen molar-refractivity contribution in [2.75, 3.05) is 18.1 Å².